The molecule has 1 aliphatic heterocycles. The molecule has 7 nitrogen and oxygen atoms in total. The Morgan fingerprint density at radius 1 is 1.04 bits per heavy atom. The molecule has 1 fully saturated rings. The summed E-state index contributed by atoms with van der Waals surface area (Å²) in [5.41, 5.74) is 2.00. The normalized spacial score (nSPS) is 16.2. The van der Waals surface area contributed by atoms with Crippen LogP contribution >= 0.6 is 0 Å². The fraction of sp³-hybridized carbons (Fsp3) is 0.286. The number of aliphatic hydroxyl groups excluding tert-OH is 1. The minimum atomic E-state index is -0.501. The number of β-amino-alcohol motifs (C(OH)–C–C–N with tert-alkyl or cyclic N) is 1. The van der Waals surface area contributed by atoms with E-state index in [0.717, 1.165) is 42.8 Å². The maximum Gasteiger partial charge on any atom is 0.278 e. The number of nitro groups is 1. The maximum atomic E-state index is 11.3. The van der Waals surface area contributed by atoms with E-state index in [0.29, 0.717) is 11.9 Å². The molecule has 1 saturated heterocycles. The largest absolute Gasteiger partial charge is 0.387 e. The molecule has 0 amide bonds. The molecule has 28 heavy (non-hydrogen) atoms. The number of non-ortho nitro benzene ring substituents is 1. The minimum Gasteiger partial charge on any atom is -0.387 e. The molecule has 1 atom stereocenters. The summed E-state index contributed by atoms with van der Waals surface area (Å²) in [6.45, 7) is 3.86. The molecule has 144 valence electrons. The van der Waals surface area contributed by atoms with Crippen molar-refractivity contribution < 1.29 is 10.0 Å². The van der Waals surface area contributed by atoms with E-state index in [1.165, 1.54) is 0 Å². The zero-order chi connectivity index (χ0) is 19.5. The Morgan fingerprint density at radius 3 is 2.50 bits per heavy atom. The topological polar surface area (TPSA) is 82.7 Å². The third kappa shape index (κ3) is 3.67. The van der Waals surface area contributed by atoms with Gasteiger partial charge < -0.3 is 10.0 Å². The number of aromatic nitrogens is 1. The second-order valence-corrected chi connectivity index (χ2v) is 7.00. The number of hydrogen-bond donors (Lipinski definition) is 1. The average Bonchev–Trinajstić information content (AvgIpc) is 2.74. The summed E-state index contributed by atoms with van der Waals surface area (Å²) >= 11 is 0. The van der Waals surface area contributed by atoms with Crippen LogP contribution in [-0.4, -0.2) is 52.6 Å². The van der Waals surface area contributed by atoms with Crippen molar-refractivity contribution in [3.05, 3.63) is 76.6 Å². The second-order valence-electron chi connectivity index (χ2n) is 7.00. The van der Waals surface area contributed by atoms with Gasteiger partial charge >= 0.3 is 0 Å². The van der Waals surface area contributed by atoms with E-state index < -0.39 is 6.10 Å². The number of aliphatic hydroxyl groups is 1. The molecule has 0 bridgehead atoms. The van der Waals surface area contributed by atoms with Crippen LogP contribution < -0.4 is 4.90 Å². The smallest absolute Gasteiger partial charge is 0.278 e. The van der Waals surface area contributed by atoms with Crippen molar-refractivity contribution >= 4 is 22.1 Å². The highest BCUT2D eigenvalue weighted by Gasteiger charge is 2.23. The van der Waals surface area contributed by atoms with E-state index in [1.54, 1.807) is 18.5 Å². The zero-order valence-corrected chi connectivity index (χ0v) is 15.4. The first-order chi connectivity index (χ1) is 13.6. The summed E-state index contributed by atoms with van der Waals surface area (Å²) in [6.07, 6.45) is 2.73. The molecule has 2 heterocycles. The standard InChI is InChI=1S/C21H22N4O3/c26-21(16-4-2-1-3-5-16)15-23-10-12-24(13-11-23)19-6-7-20(25(27)28)18-14-22-9-8-17(18)19/h1-9,14,21,26H,10-13,15H2/t21-/m0/s1. The van der Waals surface area contributed by atoms with Crippen molar-refractivity contribution in [3.63, 3.8) is 0 Å². The van der Waals surface area contributed by atoms with Crippen molar-refractivity contribution in [2.45, 2.75) is 6.10 Å². The molecule has 0 saturated carbocycles. The van der Waals surface area contributed by atoms with E-state index in [2.05, 4.69) is 14.8 Å². The molecule has 1 aromatic heterocycles. The van der Waals surface area contributed by atoms with Gasteiger partial charge in [-0.3, -0.25) is 20.0 Å². The molecule has 1 N–H and O–H groups in total. The van der Waals surface area contributed by atoms with Crippen LogP contribution in [-0.2, 0) is 0 Å². The average molecular weight is 378 g/mol. The van der Waals surface area contributed by atoms with Crippen molar-refractivity contribution in [3.8, 4) is 0 Å². The third-order valence-electron chi connectivity index (χ3n) is 5.30. The number of nitrogens with zero attached hydrogens (tertiary/aromatic N) is 4. The van der Waals surface area contributed by atoms with Crippen LogP contribution in [0, 0.1) is 10.1 Å². The molecular formula is C21H22N4O3. The fourth-order valence-electron chi connectivity index (χ4n) is 3.79. The highest BCUT2D eigenvalue weighted by molar-refractivity contribution is 5.99. The van der Waals surface area contributed by atoms with Crippen LogP contribution in [0.5, 0.6) is 0 Å². The molecule has 2 aromatic carbocycles. The number of piperazine rings is 1. The van der Waals surface area contributed by atoms with Crippen molar-refractivity contribution in [1.29, 1.82) is 0 Å². The van der Waals surface area contributed by atoms with Gasteiger partial charge in [0, 0.05) is 62.3 Å². The first-order valence-corrected chi connectivity index (χ1v) is 9.35. The second kappa shape index (κ2) is 7.92. The van der Waals surface area contributed by atoms with Crippen molar-refractivity contribution in [2.24, 2.45) is 0 Å². The van der Waals surface area contributed by atoms with Gasteiger partial charge in [0.2, 0.25) is 0 Å². The Balaban J connectivity index is 1.47. The monoisotopic (exact) mass is 378 g/mol. The molecule has 7 heteroatoms. The Labute approximate surface area is 163 Å². The number of pyridine rings is 1. The summed E-state index contributed by atoms with van der Waals surface area (Å²) in [7, 11) is 0. The Hall–Kier alpha value is -3.03. The number of benzene rings is 2. The van der Waals surface area contributed by atoms with Crippen LogP contribution in [0.2, 0.25) is 0 Å². The number of hydrogen-bond acceptors (Lipinski definition) is 6. The molecule has 4 rings (SSSR count). The maximum absolute atomic E-state index is 11.3. The summed E-state index contributed by atoms with van der Waals surface area (Å²) in [6, 6.07) is 14.9. The van der Waals surface area contributed by atoms with Crippen LogP contribution in [0.15, 0.2) is 60.9 Å². The molecule has 0 aliphatic carbocycles. The van der Waals surface area contributed by atoms with Crippen LogP contribution in [0.1, 0.15) is 11.7 Å². The Kier molecular flexibility index (Phi) is 5.18. The quantitative estimate of drug-likeness (QED) is 0.543. The van der Waals surface area contributed by atoms with E-state index in [9.17, 15) is 15.2 Å². The number of rotatable bonds is 5. The highest BCUT2D eigenvalue weighted by Crippen LogP contribution is 2.33. The summed E-state index contributed by atoms with van der Waals surface area (Å²) < 4.78 is 0. The molecule has 0 radical (unpaired) electrons. The lowest BCUT2D eigenvalue weighted by Gasteiger charge is -2.37. The van der Waals surface area contributed by atoms with Gasteiger partial charge in [0.15, 0.2) is 0 Å². The lowest BCUT2D eigenvalue weighted by atomic mass is 10.1. The van der Waals surface area contributed by atoms with E-state index in [-0.39, 0.29) is 10.6 Å². The van der Waals surface area contributed by atoms with E-state index in [4.69, 9.17) is 0 Å². The zero-order valence-electron chi connectivity index (χ0n) is 15.4. The Bertz CT molecular complexity index is 972. The molecular weight excluding hydrogens is 356 g/mol. The first kappa shape index (κ1) is 18.3. The van der Waals surface area contributed by atoms with Crippen molar-refractivity contribution in [2.75, 3.05) is 37.6 Å². The third-order valence-corrected chi connectivity index (χ3v) is 5.30. The molecule has 0 unspecified atom stereocenters. The van der Waals surface area contributed by atoms with Crippen LogP contribution in [0.3, 0.4) is 0 Å². The number of anilines is 1. The Morgan fingerprint density at radius 2 is 1.79 bits per heavy atom. The van der Waals surface area contributed by atoms with Gasteiger partial charge in [-0.05, 0) is 17.7 Å². The van der Waals surface area contributed by atoms with Crippen LogP contribution in [0.4, 0.5) is 11.4 Å². The lowest BCUT2D eigenvalue weighted by Crippen LogP contribution is -2.47. The number of fused-ring (bicyclic) bond motifs is 1. The lowest BCUT2D eigenvalue weighted by molar-refractivity contribution is -0.383. The summed E-state index contributed by atoms with van der Waals surface area (Å²) in [5, 5.41) is 23.2. The van der Waals surface area contributed by atoms with Gasteiger partial charge in [0.05, 0.1) is 16.4 Å². The van der Waals surface area contributed by atoms with Gasteiger partial charge in [0.1, 0.15) is 0 Å². The van der Waals surface area contributed by atoms with E-state index in [1.807, 2.05) is 42.5 Å². The predicted octanol–water partition coefficient (Wildman–Crippen LogP) is 3.00. The highest BCUT2D eigenvalue weighted by atomic mass is 16.6. The SMILES string of the molecule is O=[N+]([O-])c1ccc(N2CCN(C[C@H](O)c3ccccc3)CC2)c2ccncc12. The predicted molar refractivity (Wildman–Crippen MR) is 108 cm³/mol. The molecule has 1 aliphatic rings. The van der Waals surface area contributed by atoms with Gasteiger partial charge in [-0.15, -0.1) is 0 Å². The van der Waals surface area contributed by atoms with Gasteiger partial charge in [-0.2, -0.15) is 0 Å². The fourth-order valence-corrected chi connectivity index (χ4v) is 3.79. The number of nitro benzene ring substituents is 1. The summed E-state index contributed by atoms with van der Waals surface area (Å²) in [5.74, 6) is 0. The molecule has 0 spiro atoms. The summed E-state index contributed by atoms with van der Waals surface area (Å²) in [4.78, 5) is 19.5. The minimum absolute atomic E-state index is 0.0801. The van der Waals surface area contributed by atoms with Crippen molar-refractivity contribution in [1.82, 2.24) is 9.88 Å². The van der Waals surface area contributed by atoms with Crippen LogP contribution in [0.25, 0.3) is 10.8 Å². The van der Waals surface area contributed by atoms with Gasteiger partial charge in [-0.25, -0.2) is 0 Å². The molecule has 3 aromatic rings. The van der Waals surface area contributed by atoms with Gasteiger partial charge in [0.25, 0.3) is 5.69 Å². The van der Waals surface area contributed by atoms with Gasteiger partial charge in [-0.1, -0.05) is 30.3 Å². The van der Waals surface area contributed by atoms with E-state index >= 15 is 0 Å². The first-order valence-electron chi connectivity index (χ1n) is 9.35.